The second-order valence-corrected chi connectivity index (χ2v) is 6.64. The van der Waals surface area contributed by atoms with Crippen LogP contribution in [0.5, 0.6) is 0 Å². The molecule has 2 fully saturated rings. The summed E-state index contributed by atoms with van der Waals surface area (Å²) in [6.07, 6.45) is -0.771. The summed E-state index contributed by atoms with van der Waals surface area (Å²) < 4.78 is 37.8. The third kappa shape index (κ3) is 6.66. The third-order valence-electron chi connectivity index (χ3n) is 4.77. The number of amides is 2. The summed E-state index contributed by atoms with van der Waals surface area (Å²) in [6.45, 7) is 2.08. The number of likely N-dealkylation sites (tertiary alicyclic amines) is 1. The first-order chi connectivity index (χ1) is 11.3. The Labute approximate surface area is 152 Å². The highest BCUT2D eigenvalue weighted by molar-refractivity contribution is 5.85. The first kappa shape index (κ1) is 22.0. The van der Waals surface area contributed by atoms with Gasteiger partial charge in [-0.2, -0.15) is 13.2 Å². The third-order valence-corrected chi connectivity index (χ3v) is 4.77. The van der Waals surface area contributed by atoms with E-state index < -0.39 is 24.5 Å². The van der Waals surface area contributed by atoms with E-state index in [0.29, 0.717) is 25.8 Å². The van der Waals surface area contributed by atoms with E-state index in [9.17, 15) is 22.8 Å². The average molecular weight is 386 g/mol. The Bertz CT molecular complexity index is 456. The van der Waals surface area contributed by atoms with Crippen molar-refractivity contribution in [3.8, 4) is 0 Å². The number of nitrogens with one attached hydrogen (secondary N) is 1. The summed E-state index contributed by atoms with van der Waals surface area (Å²) in [5, 5.41) is 3.27. The van der Waals surface area contributed by atoms with Gasteiger partial charge in [-0.05, 0) is 39.2 Å². The molecule has 146 valence electrons. The number of nitrogens with zero attached hydrogens (tertiary/aromatic N) is 2. The molecule has 2 atom stereocenters. The minimum Gasteiger partial charge on any atom is -0.342 e. The fourth-order valence-corrected chi connectivity index (χ4v) is 3.50. The Hall–Kier alpha value is -1.02. The zero-order valence-corrected chi connectivity index (χ0v) is 15.3. The highest BCUT2D eigenvalue weighted by Gasteiger charge is 2.37. The van der Waals surface area contributed by atoms with E-state index in [4.69, 9.17) is 0 Å². The quantitative estimate of drug-likeness (QED) is 0.789. The summed E-state index contributed by atoms with van der Waals surface area (Å²) >= 11 is 0. The van der Waals surface area contributed by atoms with Crippen molar-refractivity contribution >= 4 is 24.2 Å². The molecule has 2 saturated heterocycles. The van der Waals surface area contributed by atoms with E-state index in [-0.39, 0.29) is 37.4 Å². The number of hydrogen-bond donors (Lipinski definition) is 1. The van der Waals surface area contributed by atoms with Crippen LogP contribution in [0.25, 0.3) is 0 Å². The topological polar surface area (TPSA) is 52.7 Å². The van der Waals surface area contributed by atoms with E-state index in [2.05, 4.69) is 5.32 Å². The minimum atomic E-state index is -4.40. The van der Waals surface area contributed by atoms with Gasteiger partial charge < -0.3 is 15.1 Å². The summed E-state index contributed by atoms with van der Waals surface area (Å²) in [6, 6.07) is 0.186. The number of halogens is 4. The lowest BCUT2D eigenvalue weighted by Gasteiger charge is -2.35. The molecule has 2 rings (SSSR count). The maximum atomic E-state index is 12.6. The molecule has 2 heterocycles. The Kier molecular flexibility index (Phi) is 8.47. The molecule has 2 amide bonds. The standard InChI is InChI=1S/C16H26F3N3O2.ClH/c1-2-21(11-16(17,18)19)15(24)12-5-4-8-22(10-12)14(23)9-13-6-3-7-20-13;/h12-13,20H,2-11H2,1H3;1H. The van der Waals surface area contributed by atoms with Gasteiger partial charge in [0.1, 0.15) is 6.54 Å². The molecule has 2 unspecified atom stereocenters. The predicted octanol–water partition coefficient (Wildman–Crippen LogP) is 2.20. The second kappa shape index (κ2) is 9.62. The van der Waals surface area contributed by atoms with Crippen molar-refractivity contribution in [1.29, 1.82) is 0 Å². The van der Waals surface area contributed by atoms with Gasteiger partial charge in [0.15, 0.2) is 0 Å². The van der Waals surface area contributed by atoms with Crippen molar-refractivity contribution in [3.05, 3.63) is 0 Å². The minimum absolute atomic E-state index is 0. The number of rotatable bonds is 5. The van der Waals surface area contributed by atoms with Crippen LogP contribution in [0.15, 0.2) is 0 Å². The van der Waals surface area contributed by atoms with Gasteiger partial charge in [0.25, 0.3) is 0 Å². The Morgan fingerprint density at radius 2 is 1.96 bits per heavy atom. The molecule has 25 heavy (non-hydrogen) atoms. The van der Waals surface area contributed by atoms with Crippen molar-refractivity contribution < 1.29 is 22.8 Å². The molecule has 0 saturated carbocycles. The molecule has 0 aromatic rings. The van der Waals surface area contributed by atoms with E-state index in [1.54, 1.807) is 11.8 Å². The molecule has 0 aromatic heterocycles. The Morgan fingerprint density at radius 1 is 1.24 bits per heavy atom. The van der Waals surface area contributed by atoms with Gasteiger partial charge in [0, 0.05) is 32.1 Å². The molecule has 9 heteroatoms. The lowest BCUT2D eigenvalue weighted by Crippen LogP contribution is -2.49. The van der Waals surface area contributed by atoms with Crippen molar-refractivity contribution in [2.45, 2.75) is 51.2 Å². The first-order valence-electron chi connectivity index (χ1n) is 8.67. The fourth-order valence-electron chi connectivity index (χ4n) is 3.50. The van der Waals surface area contributed by atoms with Crippen LogP contribution in [0.2, 0.25) is 0 Å². The number of piperidine rings is 1. The normalized spacial score (nSPS) is 23.9. The van der Waals surface area contributed by atoms with Crippen molar-refractivity contribution in [2.24, 2.45) is 5.92 Å². The smallest absolute Gasteiger partial charge is 0.342 e. The van der Waals surface area contributed by atoms with E-state index in [1.807, 2.05) is 0 Å². The average Bonchev–Trinajstić information content (AvgIpc) is 3.04. The van der Waals surface area contributed by atoms with Crippen molar-refractivity contribution in [1.82, 2.24) is 15.1 Å². The number of carbonyl (C=O) groups is 2. The van der Waals surface area contributed by atoms with Gasteiger partial charge in [-0.25, -0.2) is 0 Å². The SMILES string of the molecule is CCN(CC(F)(F)F)C(=O)C1CCCN(C(=O)CC2CCCN2)C1.Cl. The molecule has 0 aromatic carbocycles. The molecule has 0 aliphatic carbocycles. The second-order valence-electron chi connectivity index (χ2n) is 6.64. The van der Waals surface area contributed by atoms with Crippen molar-refractivity contribution in [3.63, 3.8) is 0 Å². The molecule has 0 bridgehead atoms. The van der Waals surface area contributed by atoms with E-state index in [0.717, 1.165) is 24.3 Å². The van der Waals surface area contributed by atoms with Crippen LogP contribution in [0, 0.1) is 5.92 Å². The zero-order valence-electron chi connectivity index (χ0n) is 14.5. The molecular weight excluding hydrogens is 359 g/mol. The van der Waals surface area contributed by atoms with Crippen LogP contribution in [0.3, 0.4) is 0 Å². The lowest BCUT2D eigenvalue weighted by molar-refractivity contribution is -0.164. The van der Waals surface area contributed by atoms with Crippen LogP contribution in [-0.2, 0) is 9.59 Å². The fraction of sp³-hybridized carbons (Fsp3) is 0.875. The highest BCUT2D eigenvalue weighted by Crippen LogP contribution is 2.23. The van der Waals surface area contributed by atoms with Crippen LogP contribution in [0.4, 0.5) is 13.2 Å². The lowest BCUT2D eigenvalue weighted by atomic mass is 9.95. The van der Waals surface area contributed by atoms with Crippen LogP contribution in [-0.4, -0.2) is 66.6 Å². The van der Waals surface area contributed by atoms with Gasteiger partial charge in [-0.15, -0.1) is 12.4 Å². The maximum Gasteiger partial charge on any atom is 0.406 e. The van der Waals surface area contributed by atoms with Gasteiger partial charge in [-0.1, -0.05) is 0 Å². The van der Waals surface area contributed by atoms with Crippen molar-refractivity contribution in [2.75, 3.05) is 32.7 Å². The predicted molar refractivity (Wildman–Crippen MR) is 90.5 cm³/mol. The Morgan fingerprint density at radius 3 is 2.52 bits per heavy atom. The molecule has 0 spiro atoms. The Balaban J connectivity index is 0.00000312. The van der Waals surface area contributed by atoms with Crippen LogP contribution < -0.4 is 5.32 Å². The highest BCUT2D eigenvalue weighted by atomic mass is 35.5. The van der Waals surface area contributed by atoms with Gasteiger partial charge in [0.2, 0.25) is 11.8 Å². The van der Waals surface area contributed by atoms with Gasteiger partial charge in [-0.3, -0.25) is 9.59 Å². The van der Waals surface area contributed by atoms with Crippen LogP contribution >= 0.6 is 12.4 Å². The molecule has 1 N–H and O–H groups in total. The summed E-state index contributed by atoms with van der Waals surface area (Å²) in [7, 11) is 0. The zero-order chi connectivity index (χ0) is 17.7. The maximum absolute atomic E-state index is 12.6. The molecule has 0 radical (unpaired) electrons. The van der Waals surface area contributed by atoms with Crippen LogP contribution in [0.1, 0.15) is 39.0 Å². The number of alkyl halides is 3. The number of hydrogen-bond acceptors (Lipinski definition) is 3. The molecule has 2 aliphatic rings. The monoisotopic (exact) mass is 385 g/mol. The summed E-state index contributed by atoms with van der Waals surface area (Å²) in [4.78, 5) is 27.3. The number of carbonyl (C=O) groups excluding carboxylic acids is 2. The molecule has 2 aliphatic heterocycles. The van der Waals surface area contributed by atoms with E-state index in [1.165, 1.54) is 0 Å². The largest absolute Gasteiger partial charge is 0.406 e. The van der Waals surface area contributed by atoms with E-state index >= 15 is 0 Å². The van der Waals surface area contributed by atoms with Gasteiger partial charge in [0.05, 0.1) is 5.92 Å². The molecular formula is C16H27ClF3N3O2. The molecule has 5 nitrogen and oxygen atoms in total. The first-order valence-corrected chi connectivity index (χ1v) is 8.67. The summed E-state index contributed by atoms with van der Waals surface area (Å²) in [5.74, 6) is -1.03. The summed E-state index contributed by atoms with van der Waals surface area (Å²) in [5.41, 5.74) is 0. The van der Waals surface area contributed by atoms with Gasteiger partial charge >= 0.3 is 6.18 Å².